The lowest BCUT2D eigenvalue weighted by molar-refractivity contribution is -0.134. The zero-order valence-electron chi connectivity index (χ0n) is 17.8. The quantitative estimate of drug-likeness (QED) is 0.656. The first kappa shape index (κ1) is 19.6. The van der Waals surface area contributed by atoms with Crippen molar-refractivity contribution in [2.45, 2.75) is 38.8 Å². The average molecular weight is 418 g/mol. The van der Waals surface area contributed by atoms with E-state index in [1.807, 2.05) is 57.7 Å². The number of nitrogens with zero attached hydrogens (tertiary/aromatic N) is 5. The summed E-state index contributed by atoms with van der Waals surface area (Å²) in [5.74, 6) is 0.870. The van der Waals surface area contributed by atoms with Crippen molar-refractivity contribution in [1.82, 2.24) is 19.2 Å². The highest BCUT2D eigenvalue weighted by atomic mass is 16.2. The Kier molecular flexibility index (Phi) is 5.10. The molecule has 4 heterocycles. The fraction of sp³-hybridized carbons (Fsp3) is 0.375. The lowest BCUT2D eigenvalue weighted by Gasteiger charge is -2.30. The first-order chi connectivity index (χ1) is 15.1. The summed E-state index contributed by atoms with van der Waals surface area (Å²) in [4.78, 5) is 29.5. The maximum Gasteiger partial charge on any atom is 0.228 e. The molecule has 7 heteroatoms. The molecule has 0 unspecified atom stereocenters. The van der Waals surface area contributed by atoms with Crippen LogP contribution in [0.25, 0.3) is 11.4 Å². The zero-order chi connectivity index (χ0) is 21.4. The molecule has 31 heavy (non-hydrogen) atoms. The molecule has 0 saturated carbocycles. The van der Waals surface area contributed by atoms with E-state index in [-0.39, 0.29) is 24.7 Å². The topological polar surface area (TPSA) is 63.4 Å². The van der Waals surface area contributed by atoms with E-state index in [0.717, 1.165) is 43.1 Å². The molecule has 2 amide bonds. The molecule has 0 radical (unpaired) electrons. The highest BCUT2D eigenvalue weighted by Crippen LogP contribution is 2.28. The average Bonchev–Trinajstić information content (AvgIpc) is 3.42. The number of carbonyl (C=O) groups is 2. The van der Waals surface area contributed by atoms with Gasteiger partial charge in [-0.3, -0.25) is 14.5 Å². The molecular weight excluding hydrogens is 390 g/mol. The Balaban J connectivity index is 1.24. The van der Waals surface area contributed by atoms with Crippen LogP contribution in [0, 0.1) is 0 Å². The van der Waals surface area contributed by atoms with Crippen molar-refractivity contribution in [2.24, 2.45) is 7.05 Å². The van der Waals surface area contributed by atoms with E-state index in [2.05, 4.69) is 12.1 Å². The summed E-state index contributed by atoms with van der Waals surface area (Å²) in [7, 11) is 1.99. The Morgan fingerprint density at radius 3 is 2.58 bits per heavy atom. The lowest BCUT2D eigenvalue weighted by Crippen LogP contribution is -2.39. The summed E-state index contributed by atoms with van der Waals surface area (Å²) < 4.78 is 3.93. The van der Waals surface area contributed by atoms with Gasteiger partial charge in [-0.05, 0) is 36.1 Å². The molecule has 1 aromatic carbocycles. The van der Waals surface area contributed by atoms with Gasteiger partial charge in [0.1, 0.15) is 11.5 Å². The van der Waals surface area contributed by atoms with Gasteiger partial charge in [-0.25, -0.2) is 4.68 Å². The molecule has 0 spiro atoms. The predicted molar refractivity (Wildman–Crippen MR) is 118 cm³/mol. The SMILES string of the molecule is Cn1cccc1-c1cc2n(n1)CCCN2C(=O)CCC(=O)N1CCc2ccccc2C1. The molecule has 2 aliphatic rings. The minimum absolute atomic E-state index is 0.00922. The molecule has 0 aliphatic carbocycles. The Labute approximate surface area is 181 Å². The smallest absolute Gasteiger partial charge is 0.228 e. The predicted octanol–water partition coefficient (Wildman–Crippen LogP) is 2.99. The second kappa shape index (κ2) is 8.06. The zero-order valence-corrected chi connectivity index (χ0v) is 17.8. The van der Waals surface area contributed by atoms with Crippen molar-refractivity contribution in [1.29, 1.82) is 0 Å². The number of amides is 2. The number of anilines is 1. The molecule has 7 nitrogen and oxygen atoms in total. The summed E-state index contributed by atoms with van der Waals surface area (Å²) in [5.41, 5.74) is 4.42. The van der Waals surface area contributed by atoms with Gasteiger partial charge in [0.2, 0.25) is 11.8 Å². The minimum Gasteiger partial charge on any atom is -0.349 e. The minimum atomic E-state index is -0.00922. The van der Waals surface area contributed by atoms with Gasteiger partial charge in [0, 0.05) is 58.3 Å². The molecule has 5 rings (SSSR count). The molecule has 2 aliphatic heterocycles. The van der Waals surface area contributed by atoms with Crippen LogP contribution in [0.4, 0.5) is 5.82 Å². The van der Waals surface area contributed by atoms with Gasteiger partial charge < -0.3 is 9.47 Å². The van der Waals surface area contributed by atoms with Crippen LogP contribution < -0.4 is 4.90 Å². The molecule has 160 valence electrons. The van der Waals surface area contributed by atoms with E-state index in [4.69, 9.17) is 5.10 Å². The van der Waals surface area contributed by atoms with Crippen molar-refractivity contribution in [3.8, 4) is 11.4 Å². The van der Waals surface area contributed by atoms with Crippen LogP contribution in [0.3, 0.4) is 0 Å². The van der Waals surface area contributed by atoms with Crippen molar-refractivity contribution in [3.63, 3.8) is 0 Å². The number of hydrogen-bond acceptors (Lipinski definition) is 3. The van der Waals surface area contributed by atoms with Gasteiger partial charge in [-0.15, -0.1) is 0 Å². The number of carbonyl (C=O) groups excluding carboxylic acids is 2. The molecule has 0 fully saturated rings. The summed E-state index contributed by atoms with van der Waals surface area (Å²) in [5, 5.41) is 4.70. The highest BCUT2D eigenvalue weighted by molar-refractivity contribution is 5.95. The number of benzene rings is 1. The van der Waals surface area contributed by atoms with Gasteiger partial charge in [-0.1, -0.05) is 24.3 Å². The van der Waals surface area contributed by atoms with E-state index >= 15 is 0 Å². The van der Waals surface area contributed by atoms with Crippen molar-refractivity contribution >= 4 is 17.6 Å². The maximum atomic E-state index is 13.0. The van der Waals surface area contributed by atoms with E-state index in [1.54, 1.807) is 4.90 Å². The van der Waals surface area contributed by atoms with E-state index in [1.165, 1.54) is 11.1 Å². The third-order valence-electron chi connectivity index (χ3n) is 6.33. The fourth-order valence-electron chi connectivity index (χ4n) is 4.60. The molecule has 2 aromatic heterocycles. The highest BCUT2D eigenvalue weighted by Gasteiger charge is 2.27. The second-order valence-corrected chi connectivity index (χ2v) is 8.35. The molecule has 0 saturated heterocycles. The number of fused-ring (bicyclic) bond motifs is 2. The fourth-order valence-corrected chi connectivity index (χ4v) is 4.60. The third-order valence-corrected chi connectivity index (χ3v) is 6.33. The van der Waals surface area contributed by atoms with Gasteiger partial charge >= 0.3 is 0 Å². The largest absolute Gasteiger partial charge is 0.349 e. The number of aromatic nitrogens is 3. The van der Waals surface area contributed by atoms with E-state index in [9.17, 15) is 9.59 Å². The van der Waals surface area contributed by atoms with Gasteiger partial charge in [0.05, 0.1) is 5.69 Å². The number of rotatable bonds is 4. The van der Waals surface area contributed by atoms with Gasteiger partial charge in [0.15, 0.2) is 0 Å². The Morgan fingerprint density at radius 2 is 1.77 bits per heavy atom. The normalized spacial score (nSPS) is 15.5. The maximum absolute atomic E-state index is 13.0. The van der Waals surface area contributed by atoms with Crippen molar-refractivity contribution in [3.05, 3.63) is 59.8 Å². The Hall–Kier alpha value is -3.35. The summed E-state index contributed by atoms with van der Waals surface area (Å²) in [6.07, 6.45) is 4.20. The lowest BCUT2D eigenvalue weighted by atomic mass is 9.99. The third kappa shape index (κ3) is 3.76. The molecule has 0 N–H and O–H groups in total. The molecule has 0 atom stereocenters. The van der Waals surface area contributed by atoms with Crippen LogP contribution in [-0.2, 0) is 36.1 Å². The van der Waals surface area contributed by atoms with Gasteiger partial charge in [-0.2, -0.15) is 5.10 Å². The van der Waals surface area contributed by atoms with Crippen LogP contribution in [-0.4, -0.2) is 44.2 Å². The van der Waals surface area contributed by atoms with Gasteiger partial charge in [0.25, 0.3) is 0 Å². The van der Waals surface area contributed by atoms with Crippen LogP contribution in [0.2, 0.25) is 0 Å². The molecule has 3 aromatic rings. The van der Waals surface area contributed by atoms with Crippen LogP contribution in [0.15, 0.2) is 48.7 Å². The second-order valence-electron chi connectivity index (χ2n) is 8.35. The van der Waals surface area contributed by atoms with E-state index < -0.39 is 0 Å². The van der Waals surface area contributed by atoms with Crippen LogP contribution in [0.5, 0.6) is 0 Å². The Bertz CT molecular complexity index is 1130. The van der Waals surface area contributed by atoms with Crippen LogP contribution >= 0.6 is 0 Å². The monoisotopic (exact) mass is 417 g/mol. The van der Waals surface area contributed by atoms with Crippen LogP contribution in [0.1, 0.15) is 30.4 Å². The number of hydrogen-bond donors (Lipinski definition) is 0. The standard InChI is InChI=1S/C24H27N5O2/c1-26-12-4-8-21(26)20-16-22-28(13-5-14-29(22)25-20)24(31)10-9-23(30)27-15-11-18-6-2-3-7-19(18)17-27/h2-4,6-8,12,16H,5,9-11,13-15,17H2,1H3. The van der Waals surface area contributed by atoms with Crippen molar-refractivity contribution in [2.75, 3.05) is 18.0 Å². The van der Waals surface area contributed by atoms with Crippen molar-refractivity contribution < 1.29 is 9.59 Å². The summed E-state index contributed by atoms with van der Waals surface area (Å²) >= 11 is 0. The summed E-state index contributed by atoms with van der Waals surface area (Å²) in [6.45, 7) is 2.83. The Morgan fingerprint density at radius 1 is 0.968 bits per heavy atom. The first-order valence-electron chi connectivity index (χ1n) is 10.9. The molecule has 0 bridgehead atoms. The van der Waals surface area contributed by atoms with E-state index in [0.29, 0.717) is 13.1 Å². The first-order valence-corrected chi connectivity index (χ1v) is 10.9. The number of aryl methyl sites for hydroxylation is 2. The molecular formula is C24H27N5O2. The summed E-state index contributed by atoms with van der Waals surface area (Å²) in [6, 6.07) is 14.3.